The molecule has 1 nitrogen and oxygen atoms in total. The zero-order valence-electron chi connectivity index (χ0n) is 10.3. The summed E-state index contributed by atoms with van der Waals surface area (Å²) < 4.78 is 0. The molecule has 1 N–H and O–H groups in total. The Hall–Kier alpha value is 0.250. The Bertz CT molecular complexity index is 136. The molecule has 0 aliphatic heterocycles. The molecule has 0 aromatic heterocycles. The summed E-state index contributed by atoms with van der Waals surface area (Å²) in [6.07, 6.45) is 3.63. The minimum absolute atomic E-state index is 0.400. The number of nitrogens with one attached hydrogen (secondary N) is 1. The van der Waals surface area contributed by atoms with Crippen LogP contribution < -0.4 is 5.32 Å². The summed E-state index contributed by atoms with van der Waals surface area (Å²) in [6, 6.07) is 0.640. The zero-order chi connectivity index (χ0) is 11.1. The minimum atomic E-state index is 0.400. The number of hydrogen-bond acceptors (Lipinski definition) is 1. The fourth-order valence-corrected chi connectivity index (χ4v) is 2.59. The van der Waals surface area contributed by atoms with E-state index in [4.69, 9.17) is 11.6 Å². The molecule has 0 radical (unpaired) electrons. The van der Waals surface area contributed by atoms with E-state index < -0.39 is 0 Å². The highest BCUT2D eigenvalue weighted by molar-refractivity contribution is 6.20. The van der Waals surface area contributed by atoms with Gasteiger partial charge in [-0.3, -0.25) is 0 Å². The maximum absolute atomic E-state index is 6.12. The third kappa shape index (κ3) is 4.18. The van der Waals surface area contributed by atoms with Crippen LogP contribution in [0.3, 0.4) is 0 Å². The van der Waals surface area contributed by atoms with Crippen molar-refractivity contribution in [3.05, 3.63) is 0 Å². The maximum Gasteiger partial charge on any atom is 0.0351 e. The van der Waals surface area contributed by atoms with Crippen molar-refractivity contribution in [3.63, 3.8) is 0 Å². The smallest absolute Gasteiger partial charge is 0.0351 e. The molecule has 14 heavy (non-hydrogen) atoms. The van der Waals surface area contributed by atoms with Gasteiger partial charge in [-0.1, -0.05) is 27.7 Å². The quantitative estimate of drug-likeness (QED) is 0.699. The van der Waals surface area contributed by atoms with Gasteiger partial charge in [0.25, 0.3) is 0 Å². The molecule has 0 amide bonds. The van der Waals surface area contributed by atoms with Crippen molar-refractivity contribution >= 4 is 11.6 Å². The molecule has 1 fully saturated rings. The molecule has 1 rings (SSSR count). The van der Waals surface area contributed by atoms with Crippen LogP contribution in [0.1, 0.15) is 47.0 Å². The molecule has 3 atom stereocenters. The first-order valence-corrected chi connectivity index (χ1v) is 6.40. The third-order valence-electron chi connectivity index (χ3n) is 3.07. The lowest BCUT2D eigenvalue weighted by atomic mass is 9.78. The van der Waals surface area contributed by atoms with Gasteiger partial charge in [-0.15, -0.1) is 11.6 Å². The molecule has 0 bridgehead atoms. The molecule has 1 aliphatic rings. The molecule has 0 heterocycles. The molecule has 1 saturated carbocycles. The van der Waals surface area contributed by atoms with Gasteiger partial charge in [0.05, 0.1) is 0 Å². The highest BCUT2D eigenvalue weighted by Crippen LogP contribution is 2.32. The van der Waals surface area contributed by atoms with Crippen LogP contribution in [0.2, 0.25) is 0 Å². The predicted molar refractivity (Wildman–Crippen MR) is 66.0 cm³/mol. The van der Waals surface area contributed by atoms with Crippen LogP contribution in [0.25, 0.3) is 0 Å². The van der Waals surface area contributed by atoms with E-state index in [-0.39, 0.29) is 0 Å². The Morgan fingerprint density at radius 2 is 1.79 bits per heavy atom. The molecule has 0 spiro atoms. The van der Waals surface area contributed by atoms with Gasteiger partial charge in [0.15, 0.2) is 0 Å². The fourth-order valence-electron chi connectivity index (χ4n) is 2.27. The van der Waals surface area contributed by atoms with Gasteiger partial charge in [-0.25, -0.2) is 0 Å². The van der Waals surface area contributed by atoms with Crippen molar-refractivity contribution in [2.45, 2.75) is 58.4 Å². The van der Waals surface area contributed by atoms with E-state index in [9.17, 15) is 0 Å². The summed E-state index contributed by atoms with van der Waals surface area (Å²) in [5, 5.41) is 3.78. The average molecular weight is 220 g/mol. The van der Waals surface area contributed by atoms with E-state index in [0.717, 1.165) is 18.3 Å². The lowest BCUT2D eigenvalue weighted by Crippen LogP contribution is -2.41. The maximum atomic E-state index is 6.12. The van der Waals surface area contributed by atoms with Gasteiger partial charge in [-0.2, -0.15) is 0 Å². The van der Waals surface area contributed by atoms with E-state index >= 15 is 0 Å². The molecule has 2 heteroatoms. The van der Waals surface area contributed by atoms with E-state index in [0.29, 0.717) is 11.4 Å². The number of alkyl halides is 1. The van der Waals surface area contributed by atoms with Gasteiger partial charge in [0, 0.05) is 11.4 Å². The largest absolute Gasteiger partial charge is 0.317 e. The van der Waals surface area contributed by atoms with E-state index in [1.165, 1.54) is 12.8 Å². The van der Waals surface area contributed by atoms with Gasteiger partial charge < -0.3 is 5.32 Å². The van der Waals surface area contributed by atoms with Crippen molar-refractivity contribution in [2.24, 2.45) is 11.8 Å². The molecule has 0 aromatic carbocycles. The lowest BCUT2D eigenvalue weighted by Gasteiger charge is -2.36. The highest BCUT2D eigenvalue weighted by atomic mass is 35.5. The second-order valence-electron chi connectivity index (χ2n) is 4.21. The summed E-state index contributed by atoms with van der Waals surface area (Å²) in [4.78, 5) is 0. The molecular formula is C12H26ClN. The Morgan fingerprint density at radius 1 is 1.21 bits per heavy atom. The van der Waals surface area contributed by atoms with Crippen LogP contribution in [-0.4, -0.2) is 18.5 Å². The molecule has 86 valence electrons. The van der Waals surface area contributed by atoms with E-state index in [1.54, 1.807) is 0 Å². The summed E-state index contributed by atoms with van der Waals surface area (Å²) in [5.41, 5.74) is 0. The van der Waals surface area contributed by atoms with Gasteiger partial charge in [-0.05, 0) is 38.1 Å². The minimum Gasteiger partial charge on any atom is -0.317 e. The first-order valence-electron chi connectivity index (χ1n) is 5.96. The summed E-state index contributed by atoms with van der Waals surface area (Å²) in [6.45, 7) is 8.62. The van der Waals surface area contributed by atoms with E-state index in [1.807, 2.05) is 13.8 Å². The number of hydrogen-bond donors (Lipinski definition) is 1. The Kier molecular flexibility index (Phi) is 7.66. The first-order chi connectivity index (χ1) is 6.65. The van der Waals surface area contributed by atoms with Crippen molar-refractivity contribution in [1.82, 2.24) is 5.32 Å². The number of halogens is 1. The normalized spacial score (nSPS) is 32.4. The molecule has 0 saturated heterocycles. The Morgan fingerprint density at radius 3 is 2.21 bits per heavy atom. The Balaban J connectivity index is 0.000000791. The van der Waals surface area contributed by atoms with Crippen LogP contribution in [0, 0.1) is 11.8 Å². The van der Waals surface area contributed by atoms with Gasteiger partial charge in [0.1, 0.15) is 0 Å². The van der Waals surface area contributed by atoms with Gasteiger partial charge >= 0.3 is 0 Å². The topological polar surface area (TPSA) is 12.0 Å². The molecule has 0 aromatic rings. The van der Waals surface area contributed by atoms with Crippen LogP contribution in [-0.2, 0) is 0 Å². The fraction of sp³-hybridized carbons (Fsp3) is 1.00. The predicted octanol–water partition coefficient (Wildman–Crippen LogP) is 3.66. The molecular weight excluding hydrogens is 194 g/mol. The third-order valence-corrected chi connectivity index (χ3v) is 3.46. The van der Waals surface area contributed by atoms with Crippen LogP contribution >= 0.6 is 11.6 Å². The highest BCUT2D eigenvalue weighted by Gasteiger charge is 2.30. The second-order valence-corrected chi connectivity index (χ2v) is 4.83. The van der Waals surface area contributed by atoms with Crippen LogP contribution in [0.4, 0.5) is 0 Å². The zero-order valence-corrected chi connectivity index (χ0v) is 11.1. The van der Waals surface area contributed by atoms with Crippen LogP contribution in [0.5, 0.6) is 0 Å². The lowest BCUT2D eigenvalue weighted by molar-refractivity contribution is 0.217. The average Bonchev–Trinajstić information content (AvgIpc) is 2.20. The molecule has 1 aliphatic carbocycles. The van der Waals surface area contributed by atoms with E-state index in [2.05, 4.69) is 26.2 Å². The van der Waals surface area contributed by atoms with Crippen molar-refractivity contribution in [2.75, 3.05) is 7.05 Å². The van der Waals surface area contributed by atoms with Crippen molar-refractivity contribution in [1.29, 1.82) is 0 Å². The van der Waals surface area contributed by atoms with Crippen LogP contribution in [0.15, 0.2) is 0 Å². The van der Waals surface area contributed by atoms with Crippen molar-refractivity contribution in [3.8, 4) is 0 Å². The summed E-state index contributed by atoms with van der Waals surface area (Å²) in [5.74, 6) is 1.61. The van der Waals surface area contributed by atoms with Gasteiger partial charge in [0.2, 0.25) is 0 Å². The monoisotopic (exact) mass is 219 g/mol. The number of rotatable bonds is 2. The van der Waals surface area contributed by atoms with Crippen molar-refractivity contribution < 1.29 is 0 Å². The first kappa shape index (κ1) is 14.2. The Labute approximate surface area is 94.6 Å². The summed E-state index contributed by atoms with van der Waals surface area (Å²) >= 11 is 6.12. The standard InChI is InChI=1S/C10H20ClN.C2H6/c1-7(2)9-5-4-8(11)6-10(9)12-3;1-2/h7-10,12H,4-6H2,1-3H3;1-2H3. The second kappa shape index (κ2) is 7.53. The molecule has 3 unspecified atom stereocenters. The SMILES string of the molecule is CC.CNC1CC(Cl)CCC1C(C)C. The summed E-state index contributed by atoms with van der Waals surface area (Å²) in [7, 11) is 2.05.